The molecule has 7 heteroatoms. The molecule has 0 heterocycles. The van der Waals surface area contributed by atoms with E-state index in [9.17, 15) is 8.42 Å². The van der Waals surface area contributed by atoms with Gasteiger partial charge in [-0.3, -0.25) is 9.87 Å². The van der Waals surface area contributed by atoms with Gasteiger partial charge in [-0.1, -0.05) is 0 Å². The summed E-state index contributed by atoms with van der Waals surface area (Å²) in [6.07, 6.45) is 0. The summed E-state index contributed by atoms with van der Waals surface area (Å²) in [5, 5.41) is 1.58. The fraction of sp³-hybridized carbons (Fsp3) is 1.00. The number of hydrogen-bond donors (Lipinski definition) is 3. The van der Waals surface area contributed by atoms with Gasteiger partial charge in [-0.05, 0) is 6.92 Å². The van der Waals surface area contributed by atoms with Crippen LogP contribution in [0.3, 0.4) is 0 Å². The zero-order valence-corrected chi connectivity index (χ0v) is 6.56. The van der Waals surface area contributed by atoms with Crippen molar-refractivity contribution >= 4 is 39.7 Å². The van der Waals surface area contributed by atoms with E-state index in [1.807, 2.05) is 0 Å². The number of nitrogens with two attached hydrogens (primary N) is 1. The normalized spacial score (nSPS) is 13.7. The van der Waals surface area contributed by atoms with Crippen molar-refractivity contribution < 1.29 is 13.0 Å². The third kappa shape index (κ3) is 7.20. The van der Waals surface area contributed by atoms with Gasteiger partial charge >= 0.3 is 29.6 Å². The van der Waals surface area contributed by atoms with Gasteiger partial charge in [0.2, 0.25) is 0 Å². The molecule has 1 atom stereocenters. The van der Waals surface area contributed by atoms with E-state index >= 15 is 0 Å². The van der Waals surface area contributed by atoms with Crippen LogP contribution in [-0.2, 0) is 10.1 Å². The van der Waals surface area contributed by atoms with E-state index in [4.69, 9.17) is 10.3 Å². The van der Waals surface area contributed by atoms with Gasteiger partial charge in [-0.2, -0.15) is 8.42 Å². The van der Waals surface area contributed by atoms with E-state index in [-0.39, 0.29) is 29.6 Å². The molecule has 0 amide bonds. The second-order valence-corrected chi connectivity index (χ2v) is 3.64. The minimum absolute atomic E-state index is 0. The summed E-state index contributed by atoms with van der Waals surface area (Å²) in [6, 6.07) is 0. The Bertz CT molecular complexity index is 182. The molecule has 5 nitrogen and oxygen atoms in total. The van der Waals surface area contributed by atoms with Crippen molar-refractivity contribution in [3.63, 3.8) is 0 Å². The molecule has 64 valence electrons. The second-order valence-electron chi connectivity index (χ2n) is 1.90. The van der Waals surface area contributed by atoms with E-state index in [2.05, 4.69) is 5.32 Å². The van der Waals surface area contributed by atoms with Gasteiger partial charge in [0.25, 0.3) is 10.1 Å². The van der Waals surface area contributed by atoms with E-state index in [1.165, 1.54) is 6.92 Å². The monoisotopic (exact) mass is 192 g/mol. The Morgan fingerprint density at radius 1 is 1.64 bits per heavy atom. The molecule has 0 aliphatic heterocycles. The molecule has 0 rings (SSSR count). The SMILES string of the molecule is CC(NCCN)S(=O)(=O)O.[NaH]. The van der Waals surface area contributed by atoms with Crippen molar-refractivity contribution in [1.82, 2.24) is 5.32 Å². The Labute approximate surface area is 88.8 Å². The van der Waals surface area contributed by atoms with Crippen molar-refractivity contribution in [2.45, 2.75) is 12.3 Å². The molecule has 1 unspecified atom stereocenters. The van der Waals surface area contributed by atoms with Crippen LogP contribution in [0.1, 0.15) is 6.92 Å². The van der Waals surface area contributed by atoms with Gasteiger partial charge in [0.1, 0.15) is 5.37 Å². The van der Waals surface area contributed by atoms with E-state index in [1.54, 1.807) is 0 Å². The van der Waals surface area contributed by atoms with E-state index in [0.717, 1.165) is 0 Å². The topological polar surface area (TPSA) is 92.4 Å². The quantitative estimate of drug-likeness (QED) is 0.358. The van der Waals surface area contributed by atoms with Gasteiger partial charge in [0.15, 0.2) is 0 Å². The summed E-state index contributed by atoms with van der Waals surface area (Å²) in [5.74, 6) is 0. The molecule has 4 N–H and O–H groups in total. The van der Waals surface area contributed by atoms with Crippen LogP contribution in [0, 0.1) is 0 Å². The molecule has 11 heavy (non-hydrogen) atoms. The van der Waals surface area contributed by atoms with Crippen LogP contribution in [0.4, 0.5) is 0 Å². The van der Waals surface area contributed by atoms with Gasteiger partial charge in [-0.15, -0.1) is 0 Å². The summed E-state index contributed by atoms with van der Waals surface area (Å²) in [7, 11) is -3.94. The Morgan fingerprint density at radius 3 is 2.36 bits per heavy atom. The molecule has 0 saturated heterocycles. The molecule has 0 saturated carbocycles. The zero-order valence-electron chi connectivity index (χ0n) is 5.74. The first-order valence-electron chi connectivity index (χ1n) is 2.88. The number of hydrogen-bond acceptors (Lipinski definition) is 4. The first-order chi connectivity index (χ1) is 4.48. The van der Waals surface area contributed by atoms with E-state index in [0.29, 0.717) is 13.1 Å². The zero-order chi connectivity index (χ0) is 8.20. The first kappa shape index (κ1) is 14.4. The summed E-state index contributed by atoms with van der Waals surface area (Å²) < 4.78 is 29.0. The molecule has 0 radical (unpaired) electrons. The Balaban J connectivity index is 0. The molecule has 0 aromatic carbocycles. The Morgan fingerprint density at radius 2 is 2.09 bits per heavy atom. The van der Waals surface area contributed by atoms with Crippen LogP contribution in [0.2, 0.25) is 0 Å². The van der Waals surface area contributed by atoms with Gasteiger partial charge in [0.05, 0.1) is 0 Å². The Kier molecular flexibility index (Phi) is 8.30. The van der Waals surface area contributed by atoms with Crippen LogP contribution in [0.5, 0.6) is 0 Å². The van der Waals surface area contributed by atoms with Gasteiger partial charge in [0, 0.05) is 13.1 Å². The minimum atomic E-state index is -3.94. The number of rotatable bonds is 4. The van der Waals surface area contributed by atoms with Crippen molar-refractivity contribution in [2.24, 2.45) is 5.73 Å². The average molecular weight is 192 g/mol. The van der Waals surface area contributed by atoms with Crippen LogP contribution < -0.4 is 11.1 Å². The first-order valence-corrected chi connectivity index (χ1v) is 4.38. The van der Waals surface area contributed by atoms with Crippen molar-refractivity contribution in [3.8, 4) is 0 Å². The van der Waals surface area contributed by atoms with Crippen molar-refractivity contribution in [3.05, 3.63) is 0 Å². The summed E-state index contributed by atoms with van der Waals surface area (Å²) in [4.78, 5) is 0. The summed E-state index contributed by atoms with van der Waals surface area (Å²) in [6.45, 7) is 2.08. The third-order valence-corrected chi connectivity index (χ3v) is 2.08. The predicted octanol–water partition coefficient (Wildman–Crippen LogP) is -1.88. The second kappa shape index (κ2) is 6.36. The fourth-order valence-corrected chi connectivity index (χ4v) is 0.720. The molecule has 0 spiro atoms. The molecule has 0 aliphatic rings. The molecule has 0 aliphatic carbocycles. The third-order valence-electron chi connectivity index (χ3n) is 1.02. The maximum atomic E-state index is 10.3. The number of nitrogens with one attached hydrogen (secondary N) is 1. The summed E-state index contributed by atoms with van der Waals surface area (Å²) in [5.41, 5.74) is 5.08. The van der Waals surface area contributed by atoms with Crippen molar-refractivity contribution in [1.29, 1.82) is 0 Å². The molecule has 0 aromatic rings. The van der Waals surface area contributed by atoms with Crippen LogP contribution in [-0.4, -0.2) is 61.0 Å². The van der Waals surface area contributed by atoms with E-state index < -0.39 is 15.5 Å². The fourth-order valence-electron chi connectivity index (χ4n) is 0.392. The van der Waals surface area contributed by atoms with Crippen LogP contribution >= 0.6 is 0 Å². The maximum absolute atomic E-state index is 10.3. The molecule has 0 fully saturated rings. The Hall–Kier alpha value is 0.830. The van der Waals surface area contributed by atoms with Crippen LogP contribution in [0.25, 0.3) is 0 Å². The standard InChI is InChI=1S/C4H12N2O3S.Na.H/c1-4(6-3-2-5)10(7,8)9;;/h4,6H,2-3,5H2,1H3,(H,7,8,9);;. The van der Waals surface area contributed by atoms with Crippen molar-refractivity contribution in [2.75, 3.05) is 13.1 Å². The predicted molar refractivity (Wildman–Crippen MR) is 45.2 cm³/mol. The molecular weight excluding hydrogens is 179 g/mol. The van der Waals surface area contributed by atoms with Crippen LogP contribution in [0.15, 0.2) is 0 Å². The summed E-state index contributed by atoms with van der Waals surface area (Å²) >= 11 is 0. The molecule has 0 aromatic heterocycles. The van der Waals surface area contributed by atoms with Gasteiger partial charge in [-0.25, -0.2) is 0 Å². The molecular formula is C4H13N2NaO3S. The van der Waals surface area contributed by atoms with Gasteiger partial charge < -0.3 is 5.73 Å². The average Bonchev–Trinajstić information content (AvgIpc) is 1.80. The molecule has 0 bridgehead atoms.